The number of pyridine rings is 1. The number of carbonyl (C=O) groups excluding carboxylic acids is 1. The summed E-state index contributed by atoms with van der Waals surface area (Å²) in [7, 11) is 0. The molecule has 0 aliphatic carbocycles. The molecule has 1 aromatic rings. The number of carboxylic acids is 1. The van der Waals surface area contributed by atoms with E-state index in [0.29, 0.717) is 19.0 Å². The quantitative estimate of drug-likeness (QED) is 0.792. The summed E-state index contributed by atoms with van der Waals surface area (Å²) in [6, 6.07) is 4.64. The van der Waals surface area contributed by atoms with Gasteiger partial charge in [-0.1, -0.05) is 6.07 Å². The van der Waals surface area contributed by atoms with E-state index >= 15 is 0 Å². The third kappa shape index (κ3) is 2.72. The number of aromatic nitrogens is 1. The van der Waals surface area contributed by atoms with E-state index < -0.39 is 17.8 Å². The van der Waals surface area contributed by atoms with Gasteiger partial charge in [0.2, 0.25) is 0 Å². The number of rotatable bonds is 5. The fraction of sp³-hybridized carbons (Fsp3) is 0.462. The van der Waals surface area contributed by atoms with Gasteiger partial charge in [0.1, 0.15) is 17.4 Å². The number of amides is 1. The Morgan fingerprint density at radius 1 is 1.50 bits per heavy atom. The van der Waals surface area contributed by atoms with Crippen LogP contribution in [0.5, 0.6) is 0 Å². The number of aliphatic carboxylic acids is 1. The molecule has 20 heavy (non-hydrogen) atoms. The molecule has 1 aromatic heterocycles. The molecule has 0 spiro atoms. The second-order valence-corrected chi connectivity index (χ2v) is 4.58. The minimum Gasteiger partial charge on any atom is -0.481 e. The van der Waals surface area contributed by atoms with Crippen LogP contribution in [0.25, 0.3) is 0 Å². The zero-order chi connectivity index (χ0) is 14.7. The minimum absolute atomic E-state index is 0.159. The van der Waals surface area contributed by atoms with Crippen LogP contribution < -0.4 is 10.6 Å². The van der Waals surface area contributed by atoms with Gasteiger partial charge in [-0.05, 0) is 19.1 Å². The Kier molecular flexibility index (Phi) is 4.19. The number of carboxylic acid groups (broad SMARTS) is 1. The van der Waals surface area contributed by atoms with Crippen LogP contribution in [0.2, 0.25) is 0 Å². The lowest BCUT2D eigenvalue weighted by Crippen LogP contribution is -2.43. The number of primary amides is 1. The van der Waals surface area contributed by atoms with Crippen LogP contribution >= 0.6 is 0 Å². The van der Waals surface area contributed by atoms with E-state index in [4.69, 9.17) is 10.5 Å². The molecule has 3 N–H and O–H groups in total. The van der Waals surface area contributed by atoms with Crippen molar-refractivity contribution in [1.82, 2.24) is 4.98 Å². The zero-order valence-electron chi connectivity index (χ0n) is 11.2. The summed E-state index contributed by atoms with van der Waals surface area (Å²) in [5.74, 6) is -1.57. The van der Waals surface area contributed by atoms with Crippen LogP contribution in [-0.4, -0.2) is 47.8 Å². The molecule has 1 saturated heterocycles. The molecule has 0 saturated carbocycles. The standard InChI is InChI=1S/C13H17N3O4/c1-2-16(10-7-20-6-8(10)13(18)19)11-5-3-4-9(15-11)12(14)17/h3-5,8,10H,2,6-7H2,1H3,(H2,14,17)(H,18,19). The van der Waals surface area contributed by atoms with Gasteiger partial charge in [0.15, 0.2) is 0 Å². The first kappa shape index (κ1) is 14.3. The van der Waals surface area contributed by atoms with E-state index in [1.54, 1.807) is 12.1 Å². The normalized spacial score (nSPS) is 21.6. The summed E-state index contributed by atoms with van der Waals surface area (Å²) in [6.07, 6.45) is 0. The summed E-state index contributed by atoms with van der Waals surface area (Å²) < 4.78 is 5.27. The summed E-state index contributed by atoms with van der Waals surface area (Å²) >= 11 is 0. The van der Waals surface area contributed by atoms with Crippen molar-refractivity contribution < 1.29 is 19.4 Å². The Bertz CT molecular complexity index is 520. The van der Waals surface area contributed by atoms with Crippen LogP contribution in [0, 0.1) is 5.92 Å². The molecule has 0 bridgehead atoms. The van der Waals surface area contributed by atoms with Gasteiger partial charge < -0.3 is 20.5 Å². The smallest absolute Gasteiger partial charge is 0.311 e. The molecule has 1 aliphatic heterocycles. The van der Waals surface area contributed by atoms with Crippen molar-refractivity contribution >= 4 is 17.7 Å². The maximum atomic E-state index is 11.2. The van der Waals surface area contributed by atoms with Gasteiger partial charge in [-0.3, -0.25) is 9.59 Å². The summed E-state index contributed by atoms with van der Waals surface area (Å²) in [5, 5.41) is 9.22. The first-order chi connectivity index (χ1) is 9.54. The van der Waals surface area contributed by atoms with Crippen molar-refractivity contribution in [3.8, 4) is 0 Å². The highest BCUT2D eigenvalue weighted by molar-refractivity contribution is 5.91. The first-order valence-corrected chi connectivity index (χ1v) is 6.38. The molecule has 1 aliphatic rings. The van der Waals surface area contributed by atoms with E-state index in [0.717, 1.165) is 0 Å². The van der Waals surface area contributed by atoms with Crippen molar-refractivity contribution in [3.63, 3.8) is 0 Å². The third-order valence-electron chi connectivity index (χ3n) is 3.39. The van der Waals surface area contributed by atoms with E-state index in [2.05, 4.69) is 4.98 Å². The molecule has 108 valence electrons. The Morgan fingerprint density at radius 3 is 2.85 bits per heavy atom. The lowest BCUT2D eigenvalue weighted by atomic mass is 10.0. The van der Waals surface area contributed by atoms with Gasteiger partial charge in [-0.25, -0.2) is 4.98 Å². The number of anilines is 1. The number of hydrogen-bond donors (Lipinski definition) is 2. The van der Waals surface area contributed by atoms with Crippen molar-refractivity contribution in [2.45, 2.75) is 13.0 Å². The molecular weight excluding hydrogens is 262 g/mol. The molecule has 0 aromatic carbocycles. The van der Waals surface area contributed by atoms with Gasteiger partial charge in [-0.2, -0.15) is 0 Å². The molecule has 0 radical (unpaired) electrons. The minimum atomic E-state index is -0.892. The maximum Gasteiger partial charge on any atom is 0.311 e. The predicted octanol–water partition coefficient (Wildman–Crippen LogP) is 0.106. The number of hydrogen-bond acceptors (Lipinski definition) is 5. The lowest BCUT2D eigenvalue weighted by Gasteiger charge is -2.30. The Morgan fingerprint density at radius 2 is 2.25 bits per heavy atom. The summed E-state index contributed by atoms with van der Waals surface area (Å²) in [5.41, 5.74) is 5.37. The molecular formula is C13H17N3O4. The number of ether oxygens (including phenoxy) is 1. The Labute approximate surface area is 116 Å². The van der Waals surface area contributed by atoms with Crippen molar-refractivity contribution in [3.05, 3.63) is 23.9 Å². The van der Waals surface area contributed by atoms with Crippen LogP contribution in [0.3, 0.4) is 0 Å². The molecule has 2 rings (SSSR count). The van der Waals surface area contributed by atoms with Crippen LogP contribution in [0.4, 0.5) is 5.82 Å². The van der Waals surface area contributed by atoms with Gasteiger partial charge in [0.05, 0.1) is 19.3 Å². The number of likely N-dealkylation sites (N-methyl/N-ethyl adjacent to an activating group) is 1. The second-order valence-electron chi connectivity index (χ2n) is 4.58. The lowest BCUT2D eigenvalue weighted by molar-refractivity contribution is -0.141. The molecule has 1 fully saturated rings. The molecule has 2 atom stereocenters. The monoisotopic (exact) mass is 279 g/mol. The highest BCUT2D eigenvalue weighted by Crippen LogP contribution is 2.24. The maximum absolute atomic E-state index is 11.2. The van der Waals surface area contributed by atoms with Crippen molar-refractivity contribution in [2.24, 2.45) is 11.7 Å². The van der Waals surface area contributed by atoms with Crippen LogP contribution in [0.15, 0.2) is 18.2 Å². The van der Waals surface area contributed by atoms with Gasteiger partial charge in [0, 0.05) is 6.54 Å². The largest absolute Gasteiger partial charge is 0.481 e. The highest BCUT2D eigenvalue weighted by Gasteiger charge is 2.38. The molecule has 2 unspecified atom stereocenters. The van der Waals surface area contributed by atoms with Crippen LogP contribution in [0.1, 0.15) is 17.4 Å². The zero-order valence-corrected chi connectivity index (χ0v) is 11.2. The van der Waals surface area contributed by atoms with Gasteiger partial charge >= 0.3 is 5.97 Å². The number of carbonyl (C=O) groups is 2. The van der Waals surface area contributed by atoms with Gasteiger partial charge in [-0.15, -0.1) is 0 Å². The molecule has 2 heterocycles. The topological polar surface area (TPSA) is 106 Å². The summed E-state index contributed by atoms with van der Waals surface area (Å²) in [4.78, 5) is 28.4. The molecule has 1 amide bonds. The van der Waals surface area contributed by atoms with Crippen molar-refractivity contribution in [1.29, 1.82) is 0 Å². The Hall–Kier alpha value is -2.15. The number of nitrogens with zero attached hydrogens (tertiary/aromatic N) is 2. The average Bonchev–Trinajstić information content (AvgIpc) is 2.89. The predicted molar refractivity (Wildman–Crippen MR) is 71.5 cm³/mol. The highest BCUT2D eigenvalue weighted by atomic mass is 16.5. The average molecular weight is 279 g/mol. The fourth-order valence-corrected chi connectivity index (χ4v) is 2.37. The van der Waals surface area contributed by atoms with E-state index in [9.17, 15) is 14.7 Å². The second kappa shape index (κ2) is 5.87. The van der Waals surface area contributed by atoms with Crippen LogP contribution in [-0.2, 0) is 9.53 Å². The SMILES string of the molecule is CCN(c1cccc(C(N)=O)n1)C1COCC1C(=O)O. The molecule has 7 heteroatoms. The van der Waals surface area contributed by atoms with E-state index in [1.807, 2.05) is 11.8 Å². The summed E-state index contributed by atoms with van der Waals surface area (Å²) in [6.45, 7) is 2.97. The van der Waals surface area contributed by atoms with E-state index in [-0.39, 0.29) is 18.3 Å². The Balaban J connectivity index is 2.30. The molecule has 7 nitrogen and oxygen atoms in total. The fourth-order valence-electron chi connectivity index (χ4n) is 2.37. The number of nitrogens with two attached hydrogens (primary N) is 1. The first-order valence-electron chi connectivity index (χ1n) is 6.38. The van der Waals surface area contributed by atoms with Gasteiger partial charge in [0.25, 0.3) is 5.91 Å². The van der Waals surface area contributed by atoms with E-state index in [1.165, 1.54) is 6.07 Å². The van der Waals surface area contributed by atoms with Crippen molar-refractivity contribution in [2.75, 3.05) is 24.7 Å². The third-order valence-corrected chi connectivity index (χ3v) is 3.39.